The van der Waals surface area contributed by atoms with Gasteiger partial charge in [-0.3, -0.25) is 9.59 Å². The Morgan fingerprint density at radius 2 is 1.63 bits per heavy atom. The van der Waals surface area contributed by atoms with E-state index in [1.165, 1.54) is 0 Å². The standard InChI is InChI=1S/C25H34N2O3/c1-7-22(25(29)26-17(2)3)27(15-21-12-9-18(4)10-13-21)24(28)16-30-23-14-19(5)8-11-20(23)6/h8-14,17,22H,7,15-16H2,1-6H3,(H,26,29). The van der Waals surface area contributed by atoms with Crippen LogP contribution >= 0.6 is 0 Å². The molecule has 1 atom stereocenters. The fraction of sp³-hybridized carbons (Fsp3) is 0.440. The molecule has 2 aromatic rings. The molecule has 0 fully saturated rings. The van der Waals surface area contributed by atoms with E-state index in [0.29, 0.717) is 18.7 Å². The summed E-state index contributed by atoms with van der Waals surface area (Å²) in [5.74, 6) is 0.347. The Labute approximate surface area is 180 Å². The average molecular weight is 411 g/mol. The van der Waals surface area contributed by atoms with Crippen molar-refractivity contribution in [2.45, 2.75) is 66.6 Å². The molecule has 162 valence electrons. The molecule has 2 rings (SSSR count). The highest BCUT2D eigenvalue weighted by Gasteiger charge is 2.29. The molecule has 0 spiro atoms. The summed E-state index contributed by atoms with van der Waals surface area (Å²) in [6.07, 6.45) is 0.527. The molecule has 0 aromatic heterocycles. The van der Waals surface area contributed by atoms with Crippen LogP contribution in [0, 0.1) is 20.8 Å². The molecule has 0 radical (unpaired) electrons. The van der Waals surface area contributed by atoms with Crippen molar-refractivity contribution in [1.82, 2.24) is 10.2 Å². The summed E-state index contributed by atoms with van der Waals surface area (Å²) in [6, 6.07) is 13.4. The summed E-state index contributed by atoms with van der Waals surface area (Å²) in [4.78, 5) is 27.6. The van der Waals surface area contributed by atoms with E-state index in [0.717, 1.165) is 22.3 Å². The summed E-state index contributed by atoms with van der Waals surface area (Å²) < 4.78 is 5.85. The zero-order valence-corrected chi connectivity index (χ0v) is 19.0. The number of benzene rings is 2. The molecular weight excluding hydrogens is 376 g/mol. The molecule has 5 nitrogen and oxygen atoms in total. The quantitative estimate of drug-likeness (QED) is 0.670. The van der Waals surface area contributed by atoms with Crippen molar-refractivity contribution in [3.05, 3.63) is 64.7 Å². The van der Waals surface area contributed by atoms with Crippen LogP contribution in [0.3, 0.4) is 0 Å². The Morgan fingerprint density at radius 1 is 1.00 bits per heavy atom. The van der Waals surface area contributed by atoms with Gasteiger partial charge in [-0.25, -0.2) is 0 Å². The van der Waals surface area contributed by atoms with Gasteiger partial charge in [-0.05, 0) is 63.8 Å². The van der Waals surface area contributed by atoms with Crippen LogP contribution in [-0.4, -0.2) is 35.4 Å². The lowest BCUT2D eigenvalue weighted by Crippen LogP contribution is -2.51. The molecule has 0 heterocycles. The van der Waals surface area contributed by atoms with Gasteiger partial charge in [-0.2, -0.15) is 0 Å². The molecule has 0 saturated carbocycles. The largest absolute Gasteiger partial charge is 0.483 e. The van der Waals surface area contributed by atoms with Crippen molar-refractivity contribution >= 4 is 11.8 Å². The van der Waals surface area contributed by atoms with Gasteiger partial charge in [-0.15, -0.1) is 0 Å². The molecule has 0 saturated heterocycles. The highest BCUT2D eigenvalue weighted by molar-refractivity contribution is 5.88. The van der Waals surface area contributed by atoms with E-state index in [4.69, 9.17) is 4.74 Å². The van der Waals surface area contributed by atoms with Crippen LogP contribution in [-0.2, 0) is 16.1 Å². The van der Waals surface area contributed by atoms with Crippen LogP contribution in [0.2, 0.25) is 0 Å². The van der Waals surface area contributed by atoms with E-state index in [2.05, 4.69) is 5.32 Å². The third-order valence-corrected chi connectivity index (χ3v) is 4.99. The lowest BCUT2D eigenvalue weighted by atomic mass is 10.1. The minimum atomic E-state index is -0.552. The van der Waals surface area contributed by atoms with Crippen LogP contribution < -0.4 is 10.1 Å². The van der Waals surface area contributed by atoms with Gasteiger partial charge in [0.2, 0.25) is 5.91 Å². The minimum Gasteiger partial charge on any atom is -0.483 e. The van der Waals surface area contributed by atoms with E-state index in [-0.39, 0.29) is 24.5 Å². The van der Waals surface area contributed by atoms with Crippen molar-refractivity contribution < 1.29 is 14.3 Å². The molecule has 1 unspecified atom stereocenters. The molecule has 2 amide bonds. The van der Waals surface area contributed by atoms with E-state index < -0.39 is 6.04 Å². The van der Waals surface area contributed by atoms with Crippen molar-refractivity contribution in [2.75, 3.05) is 6.61 Å². The van der Waals surface area contributed by atoms with Crippen LogP contribution in [0.15, 0.2) is 42.5 Å². The lowest BCUT2D eigenvalue weighted by molar-refractivity contribution is -0.143. The van der Waals surface area contributed by atoms with Gasteiger partial charge < -0.3 is 15.0 Å². The van der Waals surface area contributed by atoms with E-state index >= 15 is 0 Å². The van der Waals surface area contributed by atoms with Crippen LogP contribution in [0.4, 0.5) is 0 Å². The molecule has 5 heteroatoms. The Bertz CT molecular complexity index is 859. The second-order valence-corrected chi connectivity index (χ2v) is 8.15. The smallest absolute Gasteiger partial charge is 0.261 e. The number of carbonyl (C=O) groups is 2. The fourth-order valence-corrected chi connectivity index (χ4v) is 3.28. The Morgan fingerprint density at radius 3 is 2.23 bits per heavy atom. The second kappa shape index (κ2) is 10.8. The summed E-state index contributed by atoms with van der Waals surface area (Å²) in [6.45, 7) is 12.0. The van der Waals surface area contributed by atoms with E-state index in [1.54, 1.807) is 4.90 Å². The summed E-state index contributed by atoms with van der Waals surface area (Å²) >= 11 is 0. The first-order valence-electron chi connectivity index (χ1n) is 10.6. The maximum absolute atomic E-state index is 13.2. The third kappa shape index (κ3) is 6.61. The van der Waals surface area contributed by atoms with Gasteiger partial charge in [-0.1, -0.05) is 48.9 Å². The minimum absolute atomic E-state index is 0.00840. The van der Waals surface area contributed by atoms with Crippen molar-refractivity contribution in [3.63, 3.8) is 0 Å². The summed E-state index contributed by atoms with van der Waals surface area (Å²) in [5, 5.41) is 2.94. The van der Waals surface area contributed by atoms with Crippen LogP contribution in [0.25, 0.3) is 0 Å². The number of aryl methyl sites for hydroxylation is 3. The number of nitrogens with zero attached hydrogens (tertiary/aromatic N) is 1. The van der Waals surface area contributed by atoms with Crippen LogP contribution in [0.5, 0.6) is 5.75 Å². The average Bonchev–Trinajstić information content (AvgIpc) is 2.69. The zero-order valence-electron chi connectivity index (χ0n) is 19.0. The topological polar surface area (TPSA) is 58.6 Å². The summed E-state index contributed by atoms with van der Waals surface area (Å²) in [5.41, 5.74) is 4.18. The first-order valence-corrected chi connectivity index (χ1v) is 10.6. The van der Waals surface area contributed by atoms with Crippen molar-refractivity contribution in [1.29, 1.82) is 0 Å². The molecule has 30 heavy (non-hydrogen) atoms. The first-order chi connectivity index (χ1) is 14.2. The Kier molecular flexibility index (Phi) is 8.46. The van der Waals surface area contributed by atoms with Gasteiger partial charge in [0, 0.05) is 12.6 Å². The first kappa shape index (κ1) is 23.5. The number of nitrogens with one attached hydrogen (secondary N) is 1. The van der Waals surface area contributed by atoms with Gasteiger partial charge >= 0.3 is 0 Å². The molecular formula is C25H34N2O3. The summed E-state index contributed by atoms with van der Waals surface area (Å²) in [7, 11) is 0. The predicted octanol–water partition coefficient (Wildman–Crippen LogP) is 4.32. The number of amides is 2. The molecule has 0 aliphatic heterocycles. The number of carbonyl (C=O) groups excluding carboxylic acids is 2. The van der Waals surface area contributed by atoms with Gasteiger partial charge in [0.25, 0.3) is 5.91 Å². The SMILES string of the molecule is CCC(C(=O)NC(C)C)N(Cc1ccc(C)cc1)C(=O)COc1cc(C)ccc1C. The normalized spacial score (nSPS) is 11.8. The Hall–Kier alpha value is -2.82. The number of rotatable bonds is 9. The molecule has 1 N–H and O–H groups in total. The molecule has 0 bridgehead atoms. The molecule has 0 aliphatic rings. The Balaban J connectivity index is 2.23. The maximum Gasteiger partial charge on any atom is 0.261 e. The highest BCUT2D eigenvalue weighted by Crippen LogP contribution is 2.20. The zero-order chi connectivity index (χ0) is 22.3. The maximum atomic E-state index is 13.2. The number of ether oxygens (including phenoxy) is 1. The van der Waals surface area contributed by atoms with Crippen LogP contribution in [0.1, 0.15) is 49.4 Å². The van der Waals surface area contributed by atoms with Gasteiger partial charge in [0.15, 0.2) is 6.61 Å². The second-order valence-electron chi connectivity index (χ2n) is 8.15. The van der Waals surface area contributed by atoms with Gasteiger partial charge in [0.1, 0.15) is 11.8 Å². The molecule has 0 aliphatic carbocycles. The highest BCUT2D eigenvalue weighted by atomic mass is 16.5. The monoisotopic (exact) mass is 410 g/mol. The van der Waals surface area contributed by atoms with Crippen molar-refractivity contribution in [3.8, 4) is 5.75 Å². The van der Waals surface area contributed by atoms with E-state index in [1.807, 2.05) is 84.0 Å². The van der Waals surface area contributed by atoms with Crippen molar-refractivity contribution in [2.24, 2.45) is 0 Å². The molecule has 2 aromatic carbocycles. The van der Waals surface area contributed by atoms with Gasteiger partial charge in [0.05, 0.1) is 0 Å². The van der Waals surface area contributed by atoms with E-state index in [9.17, 15) is 9.59 Å². The number of hydrogen-bond donors (Lipinski definition) is 1. The lowest BCUT2D eigenvalue weighted by Gasteiger charge is -2.31. The third-order valence-electron chi connectivity index (χ3n) is 4.99. The number of hydrogen-bond acceptors (Lipinski definition) is 3. The fourth-order valence-electron chi connectivity index (χ4n) is 3.28. The predicted molar refractivity (Wildman–Crippen MR) is 120 cm³/mol.